The Labute approximate surface area is 120 Å². The summed E-state index contributed by atoms with van der Waals surface area (Å²) in [6, 6.07) is 5.74. The van der Waals surface area contributed by atoms with Crippen molar-refractivity contribution < 1.29 is 34.0 Å². The van der Waals surface area contributed by atoms with Crippen molar-refractivity contribution in [2.24, 2.45) is 0 Å². The molecule has 0 bridgehead atoms. The van der Waals surface area contributed by atoms with Crippen LogP contribution in [0.3, 0.4) is 0 Å². The summed E-state index contributed by atoms with van der Waals surface area (Å²) in [5, 5.41) is 8.62. The first-order chi connectivity index (χ1) is 10.1. The maximum Gasteiger partial charge on any atom is 0.387 e. The van der Waals surface area contributed by atoms with Gasteiger partial charge in [-0.25, -0.2) is 24.2 Å². The Balaban J connectivity index is 2.78. The number of esters is 1. The van der Waals surface area contributed by atoms with Crippen LogP contribution in [0.4, 0.5) is 0 Å². The second-order valence-corrected chi connectivity index (χ2v) is 3.74. The third-order valence-corrected chi connectivity index (χ3v) is 2.27. The largest absolute Gasteiger partial charge is 0.462 e. The summed E-state index contributed by atoms with van der Waals surface area (Å²) in [6.07, 6.45) is 1.11. The molecule has 7 nitrogen and oxygen atoms in total. The summed E-state index contributed by atoms with van der Waals surface area (Å²) in [5.74, 6) is -2.70. The molecule has 0 atom stereocenters. The van der Waals surface area contributed by atoms with Crippen LogP contribution >= 0.6 is 0 Å². The van der Waals surface area contributed by atoms with Crippen molar-refractivity contribution in [1.29, 1.82) is 0 Å². The summed E-state index contributed by atoms with van der Waals surface area (Å²) >= 11 is 0. The number of aliphatic hydroxyl groups is 1. The lowest BCUT2D eigenvalue weighted by Crippen LogP contribution is -2.16. The first-order valence-corrected chi connectivity index (χ1v) is 6.02. The SMILES string of the molecule is C=CC(=O)OOC(=O)c1ccccc1C(=O)OCCCO. The zero-order valence-electron chi connectivity index (χ0n) is 11.1. The molecular formula is C14H14O7. The van der Waals surface area contributed by atoms with Gasteiger partial charge in [0, 0.05) is 19.1 Å². The minimum Gasteiger partial charge on any atom is -0.462 e. The number of carbonyl (C=O) groups is 3. The van der Waals surface area contributed by atoms with Crippen LogP contribution in [0.5, 0.6) is 0 Å². The lowest BCUT2D eigenvalue weighted by atomic mass is 10.1. The highest BCUT2D eigenvalue weighted by atomic mass is 17.2. The van der Waals surface area contributed by atoms with Gasteiger partial charge in [-0.05, 0) is 12.1 Å². The van der Waals surface area contributed by atoms with Gasteiger partial charge in [-0.15, -0.1) is 0 Å². The fraction of sp³-hybridized carbons (Fsp3) is 0.214. The smallest absolute Gasteiger partial charge is 0.387 e. The molecule has 7 heteroatoms. The number of carbonyl (C=O) groups excluding carboxylic acids is 3. The summed E-state index contributed by atoms with van der Waals surface area (Å²) in [4.78, 5) is 42.8. The standard InChI is InChI=1S/C14H14O7/c1-2-12(16)20-21-14(18)11-7-4-3-6-10(11)13(17)19-9-5-8-15/h2-4,6-7,15H,1,5,8-9H2. The lowest BCUT2D eigenvalue weighted by Gasteiger charge is -2.07. The summed E-state index contributed by atoms with van der Waals surface area (Å²) < 4.78 is 4.88. The average molecular weight is 294 g/mol. The maximum atomic E-state index is 11.8. The molecule has 112 valence electrons. The van der Waals surface area contributed by atoms with Gasteiger partial charge in [0.1, 0.15) is 0 Å². The van der Waals surface area contributed by atoms with Crippen molar-refractivity contribution in [3.05, 3.63) is 48.0 Å². The molecule has 1 N–H and O–H groups in total. The number of benzene rings is 1. The number of hydrogen-bond acceptors (Lipinski definition) is 7. The van der Waals surface area contributed by atoms with E-state index in [1.54, 1.807) is 0 Å². The molecular weight excluding hydrogens is 280 g/mol. The Kier molecular flexibility index (Phi) is 6.62. The normalized spacial score (nSPS) is 9.57. The number of hydrogen-bond donors (Lipinski definition) is 1. The van der Waals surface area contributed by atoms with Crippen molar-refractivity contribution in [1.82, 2.24) is 0 Å². The van der Waals surface area contributed by atoms with Crippen molar-refractivity contribution in [2.45, 2.75) is 6.42 Å². The summed E-state index contributed by atoms with van der Waals surface area (Å²) in [6.45, 7) is 3.04. The van der Waals surface area contributed by atoms with Crippen molar-refractivity contribution in [3.8, 4) is 0 Å². The Hall–Kier alpha value is -2.67. The van der Waals surface area contributed by atoms with Gasteiger partial charge in [0.25, 0.3) is 0 Å². The molecule has 0 fully saturated rings. The van der Waals surface area contributed by atoms with E-state index in [4.69, 9.17) is 9.84 Å². The molecule has 0 spiro atoms. The van der Waals surface area contributed by atoms with Gasteiger partial charge in [-0.2, -0.15) is 0 Å². The zero-order chi connectivity index (χ0) is 15.7. The van der Waals surface area contributed by atoms with Crippen molar-refractivity contribution >= 4 is 17.9 Å². The zero-order valence-corrected chi connectivity index (χ0v) is 11.1. The van der Waals surface area contributed by atoms with Gasteiger partial charge in [0.15, 0.2) is 0 Å². The molecule has 1 rings (SSSR count). The van der Waals surface area contributed by atoms with E-state index in [-0.39, 0.29) is 30.8 Å². The second kappa shape index (κ2) is 8.49. The second-order valence-electron chi connectivity index (χ2n) is 3.74. The van der Waals surface area contributed by atoms with Crippen LogP contribution in [0, 0.1) is 0 Å². The van der Waals surface area contributed by atoms with Gasteiger partial charge in [-0.1, -0.05) is 18.7 Å². The van der Waals surface area contributed by atoms with Crippen LogP contribution in [0.15, 0.2) is 36.9 Å². The quantitative estimate of drug-likeness (QED) is 0.275. The first-order valence-electron chi connectivity index (χ1n) is 6.02. The fourth-order valence-electron chi connectivity index (χ4n) is 1.30. The van der Waals surface area contributed by atoms with E-state index in [0.717, 1.165) is 6.08 Å². The molecule has 0 aliphatic heterocycles. The Morgan fingerprint density at radius 1 is 1.10 bits per heavy atom. The molecule has 0 aliphatic rings. The minimum atomic E-state index is -1.01. The number of aliphatic hydroxyl groups excluding tert-OH is 1. The monoisotopic (exact) mass is 294 g/mol. The van der Waals surface area contributed by atoms with Gasteiger partial charge in [0.2, 0.25) is 0 Å². The summed E-state index contributed by atoms with van der Waals surface area (Å²) in [5.41, 5.74) is -0.140. The van der Waals surface area contributed by atoms with Gasteiger partial charge in [-0.3, -0.25) is 0 Å². The average Bonchev–Trinajstić information content (AvgIpc) is 2.52. The van der Waals surface area contributed by atoms with E-state index in [1.807, 2.05) is 0 Å². The molecule has 0 aliphatic carbocycles. The van der Waals surface area contributed by atoms with Crippen LogP contribution in [0.25, 0.3) is 0 Å². The van der Waals surface area contributed by atoms with Crippen LogP contribution in [0.2, 0.25) is 0 Å². The van der Waals surface area contributed by atoms with E-state index in [2.05, 4.69) is 16.4 Å². The lowest BCUT2D eigenvalue weighted by molar-refractivity contribution is -0.228. The van der Waals surface area contributed by atoms with Crippen molar-refractivity contribution in [3.63, 3.8) is 0 Å². The Morgan fingerprint density at radius 3 is 2.29 bits per heavy atom. The van der Waals surface area contributed by atoms with Gasteiger partial charge < -0.3 is 9.84 Å². The van der Waals surface area contributed by atoms with E-state index in [0.29, 0.717) is 0 Å². The molecule has 1 aromatic rings. The van der Waals surface area contributed by atoms with Crippen LogP contribution in [0.1, 0.15) is 27.1 Å². The van der Waals surface area contributed by atoms with E-state index < -0.39 is 17.9 Å². The Bertz CT molecular complexity index is 536. The predicted molar refractivity (Wildman–Crippen MR) is 70.1 cm³/mol. The fourth-order valence-corrected chi connectivity index (χ4v) is 1.30. The van der Waals surface area contributed by atoms with E-state index in [9.17, 15) is 14.4 Å². The number of rotatable bonds is 6. The molecule has 1 aromatic carbocycles. The van der Waals surface area contributed by atoms with E-state index in [1.165, 1.54) is 24.3 Å². The highest BCUT2D eigenvalue weighted by molar-refractivity contribution is 6.03. The van der Waals surface area contributed by atoms with Gasteiger partial charge in [0.05, 0.1) is 17.7 Å². The topological polar surface area (TPSA) is 99.1 Å². The predicted octanol–water partition coefficient (Wildman–Crippen LogP) is 1.03. The maximum absolute atomic E-state index is 11.8. The minimum absolute atomic E-state index is 0.0180. The molecule has 0 saturated carbocycles. The van der Waals surface area contributed by atoms with Crippen LogP contribution in [-0.2, 0) is 19.3 Å². The van der Waals surface area contributed by atoms with Crippen LogP contribution in [-0.4, -0.2) is 36.2 Å². The molecule has 0 unspecified atom stereocenters. The number of ether oxygens (including phenoxy) is 1. The molecule has 0 amide bonds. The molecule has 0 heterocycles. The Morgan fingerprint density at radius 2 is 1.71 bits per heavy atom. The molecule has 0 saturated heterocycles. The van der Waals surface area contributed by atoms with E-state index >= 15 is 0 Å². The highest BCUT2D eigenvalue weighted by Gasteiger charge is 2.20. The highest BCUT2D eigenvalue weighted by Crippen LogP contribution is 2.12. The van der Waals surface area contributed by atoms with Crippen molar-refractivity contribution in [2.75, 3.05) is 13.2 Å². The van der Waals surface area contributed by atoms with Crippen LogP contribution < -0.4 is 0 Å². The third-order valence-electron chi connectivity index (χ3n) is 2.27. The molecule has 21 heavy (non-hydrogen) atoms. The molecule has 0 aromatic heterocycles. The molecule has 0 radical (unpaired) electrons. The van der Waals surface area contributed by atoms with Gasteiger partial charge >= 0.3 is 17.9 Å². The summed E-state index contributed by atoms with van der Waals surface area (Å²) in [7, 11) is 0. The third kappa shape index (κ3) is 5.07. The first kappa shape index (κ1) is 16.4.